The molecule has 2 heterocycles. The van der Waals surface area contributed by atoms with Gasteiger partial charge >= 0.3 is 0 Å². The van der Waals surface area contributed by atoms with Crippen LogP contribution in [0.15, 0.2) is 24.3 Å². The lowest BCUT2D eigenvalue weighted by atomic mass is 9.95. The van der Waals surface area contributed by atoms with E-state index in [1.165, 1.54) is 9.78 Å². The van der Waals surface area contributed by atoms with Gasteiger partial charge in [0, 0.05) is 10.6 Å². The van der Waals surface area contributed by atoms with Gasteiger partial charge in [0.2, 0.25) is 0 Å². The molecule has 29 heavy (non-hydrogen) atoms. The third-order valence-electron chi connectivity index (χ3n) is 5.86. The quantitative estimate of drug-likeness (QED) is 0.578. The summed E-state index contributed by atoms with van der Waals surface area (Å²) in [6, 6.07) is 7.79. The number of carbonyl (C=O) groups excluding carboxylic acids is 2. The number of nitrogens with one attached hydrogen (secondary N) is 3. The average molecular weight is 415 g/mol. The fourth-order valence-electron chi connectivity index (χ4n) is 4.25. The minimum atomic E-state index is -0.117. The number of benzene rings is 1. The number of amides is 2. The van der Waals surface area contributed by atoms with Crippen LogP contribution in [0.3, 0.4) is 0 Å². The molecule has 0 unspecified atom stereocenters. The van der Waals surface area contributed by atoms with E-state index in [0.717, 1.165) is 73.7 Å². The second-order valence-electron chi connectivity index (χ2n) is 8.03. The summed E-state index contributed by atoms with van der Waals surface area (Å²) in [6.07, 6.45) is 4.14. The molecule has 0 radical (unpaired) electrons. The number of rotatable bonds is 5. The van der Waals surface area contributed by atoms with Gasteiger partial charge in [-0.15, -0.1) is 11.3 Å². The zero-order chi connectivity index (χ0) is 20.2. The van der Waals surface area contributed by atoms with Crippen LogP contribution >= 0.6 is 11.3 Å². The van der Waals surface area contributed by atoms with Crippen molar-refractivity contribution in [1.29, 1.82) is 0 Å². The van der Waals surface area contributed by atoms with Gasteiger partial charge in [-0.1, -0.05) is 18.2 Å². The fourth-order valence-corrected chi connectivity index (χ4v) is 5.55. The Hall–Kier alpha value is -2.22. The summed E-state index contributed by atoms with van der Waals surface area (Å²) >= 11 is 1.59. The molecule has 7 heteroatoms. The Bertz CT molecular complexity index is 902. The molecular weight excluding hydrogens is 384 g/mol. The zero-order valence-electron chi connectivity index (χ0n) is 17.0. The van der Waals surface area contributed by atoms with Gasteiger partial charge < -0.3 is 20.9 Å². The highest BCUT2D eigenvalue weighted by molar-refractivity contribution is 7.17. The van der Waals surface area contributed by atoms with Crippen molar-refractivity contribution in [2.75, 3.05) is 43.4 Å². The van der Waals surface area contributed by atoms with Crippen molar-refractivity contribution in [2.45, 2.75) is 32.6 Å². The van der Waals surface area contributed by atoms with E-state index in [9.17, 15) is 9.59 Å². The fraction of sp³-hybridized carbons (Fsp3) is 0.455. The highest BCUT2D eigenvalue weighted by Crippen LogP contribution is 2.38. The van der Waals surface area contributed by atoms with E-state index in [-0.39, 0.29) is 11.8 Å². The normalized spacial score (nSPS) is 16.9. The molecule has 5 N–H and O–H groups in total. The van der Waals surface area contributed by atoms with Gasteiger partial charge in [0.25, 0.3) is 11.8 Å². The topological polar surface area (TPSA) is 79.2 Å². The second-order valence-corrected chi connectivity index (χ2v) is 9.13. The van der Waals surface area contributed by atoms with Gasteiger partial charge in [0.05, 0.1) is 5.56 Å². The summed E-state index contributed by atoms with van der Waals surface area (Å²) in [5.41, 5.74) is 3.64. The maximum Gasteiger partial charge on any atom is 0.280 e. The zero-order valence-corrected chi connectivity index (χ0v) is 17.8. The van der Waals surface area contributed by atoms with E-state index >= 15 is 0 Å². The number of thiophene rings is 1. The molecule has 1 aromatic heterocycles. The predicted molar refractivity (Wildman–Crippen MR) is 116 cm³/mol. The Labute approximate surface area is 175 Å². The minimum Gasteiger partial charge on any atom is -0.337 e. The first kappa shape index (κ1) is 20.1. The number of hydrogen-bond acceptors (Lipinski definition) is 3. The van der Waals surface area contributed by atoms with Crippen LogP contribution in [0.2, 0.25) is 0 Å². The van der Waals surface area contributed by atoms with E-state index in [1.807, 2.05) is 31.2 Å². The van der Waals surface area contributed by atoms with Crippen LogP contribution in [0.5, 0.6) is 0 Å². The van der Waals surface area contributed by atoms with Gasteiger partial charge in [-0.25, -0.2) is 0 Å². The summed E-state index contributed by atoms with van der Waals surface area (Å²) in [7, 11) is 0. The standard InChI is InChI=1S/C22H28N4O2S/c1-15-6-2-4-8-17(15)24-21(28)20-16-7-3-5-9-18(16)29-22(20)25-19(27)14-26-12-10-23-11-13-26/h2,4,6,8,23H,3,5,7,9-14H2,1H3,(H,24,28)(H,25,27)/p+2. The number of hydrogen-bond donors (Lipinski definition) is 4. The number of fused-ring (bicyclic) bond motifs is 1. The smallest absolute Gasteiger partial charge is 0.280 e. The Morgan fingerprint density at radius 3 is 2.66 bits per heavy atom. The Morgan fingerprint density at radius 2 is 1.86 bits per heavy atom. The predicted octanol–water partition coefficient (Wildman–Crippen LogP) is 0.588. The summed E-state index contributed by atoms with van der Waals surface area (Å²) in [6.45, 7) is 6.61. The molecule has 1 aliphatic heterocycles. The van der Waals surface area contributed by atoms with Crippen LogP contribution < -0.4 is 20.9 Å². The van der Waals surface area contributed by atoms with Crippen molar-refractivity contribution in [3.8, 4) is 0 Å². The van der Waals surface area contributed by atoms with Crippen molar-refractivity contribution < 1.29 is 19.8 Å². The van der Waals surface area contributed by atoms with Crippen molar-refractivity contribution in [3.05, 3.63) is 45.8 Å². The first-order valence-corrected chi connectivity index (χ1v) is 11.4. The third kappa shape index (κ3) is 4.69. The number of quaternary nitrogens is 2. The molecule has 0 spiro atoms. The molecule has 1 aliphatic carbocycles. The van der Waals surface area contributed by atoms with Crippen molar-refractivity contribution in [1.82, 2.24) is 0 Å². The third-order valence-corrected chi connectivity index (χ3v) is 7.07. The number of anilines is 2. The molecule has 4 rings (SSSR count). The number of para-hydroxylation sites is 1. The highest BCUT2D eigenvalue weighted by atomic mass is 32.1. The molecule has 2 amide bonds. The van der Waals surface area contributed by atoms with Crippen LogP contribution in [0.4, 0.5) is 10.7 Å². The molecule has 1 saturated heterocycles. The van der Waals surface area contributed by atoms with Crippen LogP contribution in [-0.2, 0) is 17.6 Å². The molecule has 2 aromatic rings. The van der Waals surface area contributed by atoms with Crippen molar-refractivity contribution in [2.24, 2.45) is 0 Å². The summed E-state index contributed by atoms with van der Waals surface area (Å²) < 4.78 is 0. The monoisotopic (exact) mass is 414 g/mol. The molecule has 154 valence electrons. The average Bonchev–Trinajstić information content (AvgIpc) is 3.08. The molecule has 2 aliphatic rings. The van der Waals surface area contributed by atoms with E-state index in [4.69, 9.17) is 0 Å². The Kier molecular flexibility index (Phi) is 6.28. The largest absolute Gasteiger partial charge is 0.337 e. The Morgan fingerprint density at radius 1 is 1.10 bits per heavy atom. The SMILES string of the molecule is Cc1ccccc1NC(=O)c1c(NC(=O)C[NH+]2CC[NH2+]CC2)sc2c1CCCC2. The molecule has 0 saturated carbocycles. The van der Waals surface area contributed by atoms with Gasteiger partial charge in [-0.3, -0.25) is 9.59 Å². The summed E-state index contributed by atoms with van der Waals surface area (Å²) in [5.74, 6) is -0.112. The molecule has 0 atom stereocenters. The van der Waals surface area contributed by atoms with E-state index in [0.29, 0.717) is 12.1 Å². The van der Waals surface area contributed by atoms with Gasteiger partial charge in [0.15, 0.2) is 6.54 Å². The Balaban J connectivity index is 1.55. The molecule has 0 bridgehead atoms. The molecule has 1 aromatic carbocycles. The van der Waals surface area contributed by atoms with E-state index < -0.39 is 0 Å². The highest BCUT2D eigenvalue weighted by Gasteiger charge is 2.28. The number of piperazine rings is 1. The van der Waals surface area contributed by atoms with Crippen LogP contribution in [0.1, 0.15) is 39.2 Å². The molecular formula is C22H30N4O2S+2. The minimum absolute atomic E-state index is 0.00504. The van der Waals surface area contributed by atoms with E-state index in [2.05, 4.69) is 16.0 Å². The van der Waals surface area contributed by atoms with Crippen LogP contribution in [-0.4, -0.2) is 44.5 Å². The molecule has 1 fully saturated rings. The van der Waals surface area contributed by atoms with Crippen LogP contribution in [0, 0.1) is 6.92 Å². The lowest BCUT2D eigenvalue weighted by Crippen LogP contribution is -3.21. The van der Waals surface area contributed by atoms with Gasteiger partial charge in [-0.05, 0) is 49.8 Å². The lowest BCUT2D eigenvalue weighted by molar-refractivity contribution is -0.940. The van der Waals surface area contributed by atoms with Crippen molar-refractivity contribution in [3.63, 3.8) is 0 Å². The first-order chi connectivity index (χ1) is 14.1. The summed E-state index contributed by atoms with van der Waals surface area (Å²) in [4.78, 5) is 28.5. The van der Waals surface area contributed by atoms with Gasteiger partial charge in [-0.2, -0.15) is 0 Å². The van der Waals surface area contributed by atoms with Crippen LogP contribution in [0.25, 0.3) is 0 Å². The van der Waals surface area contributed by atoms with E-state index in [1.54, 1.807) is 11.3 Å². The maximum absolute atomic E-state index is 13.2. The summed E-state index contributed by atoms with van der Waals surface area (Å²) in [5, 5.41) is 9.16. The first-order valence-electron chi connectivity index (χ1n) is 10.6. The maximum atomic E-state index is 13.2. The number of nitrogens with two attached hydrogens (primary N) is 1. The second kappa shape index (κ2) is 9.07. The van der Waals surface area contributed by atoms with Crippen molar-refractivity contribution >= 4 is 33.8 Å². The number of carbonyl (C=O) groups is 2. The lowest BCUT2D eigenvalue weighted by Gasteiger charge is -2.21. The molecule has 6 nitrogen and oxygen atoms in total. The van der Waals surface area contributed by atoms with Gasteiger partial charge in [0.1, 0.15) is 31.2 Å². The number of aryl methyl sites for hydroxylation is 2.